The minimum Gasteiger partial charge on any atom is -0.493 e. The predicted octanol–water partition coefficient (Wildman–Crippen LogP) is 9.29. The summed E-state index contributed by atoms with van der Waals surface area (Å²) in [6.07, 6.45) is 7.71. The lowest BCUT2D eigenvalue weighted by atomic mass is 9.82. The van der Waals surface area contributed by atoms with E-state index in [1.807, 2.05) is 57.6 Å². The molecule has 0 aromatic heterocycles. The number of rotatable bonds is 14. The van der Waals surface area contributed by atoms with Crippen LogP contribution in [0.2, 0.25) is 0 Å². The van der Waals surface area contributed by atoms with Gasteiger partial charge >= 0.3 is 0 Å². The van der Waals surface area contributed by atoms with Crippen molar-refractivity contribution in [1.82, 2.24) is 9.80 Å². The van der Waals surface area contributed by atoms with Crippen LogP contribution in [0.3, 0.4) is 0 Å². The Morgan fingerprint density at radius 3 is 2.16 bits per heavy atom. The van der Waals surface area contributed by atoms with E-state index in [4.69, 9.17) is 23.9 Å². The maximum atomic E-state index is 13.9. The lowest BCUT2D eigenvalue weighted by molar-refractivity contribution is 0.0340. The smallest absolute Gasteiger partial charge is 0.260 e. The van der Waals surface area contributed by atoms with Crippen LogP contribution in [-0.4, -0.2) is 80.1 Å². The van der Waals surface area contributed by atoms with E-state index in [1.54, 1.807) is 54.5 Å². The molecule has 1 atom stereocenters. The Morgan fingerprint density at radius 2 is 1.47 bits per heavy atom. The number of aliphatic imine (C=N–C) groups is 2. The van der Waals surface area contributed by atoms with E-state index in [9.17, 15) is 9.59 Å². The van der Waals surface area contributed by atoms with E-state index < -0.39 is 5.60 Å². The minimum atomic E-state index is -0.679. The summed E-state index contributed by atoms with van der Waals surface area (Å²) in [5.41, 5.74) is 6.47. The first-order chi connectivity index (χ1) is 27.8. The van der Waals surface area contributed by atoms with Crippen molar-refractivity contribution < 1.29 is 28.5 Å². The summed E-state index contributed by atoms with van der Waals surface area (Å²) in [6, 6.07) is 23.2. The van der Waals surface area contributed by atoms with Gasteiger partial charge in [-0.15, -0.1) is 0 Å². The van der Waals surface area contributed by atoms with E-state index in [2.05, 4.69) is 55.3 Å². The van der Waals surface area contributed by atoms with Crippen LogP contribution in [0, 0.1) is 5.41 Å². The van der Waals surface area contributed by atoms with Gasteiger partial charge in [-0.25, -0.2) is 0 Å². The van der Waals surface area contributed by atoms with Gasteiger partial charge in [-0.3, -0.25) is 19.6 Å². The highest BCUT2D eigenvalue weighted by molar-refractivity contribution is 6.05. The first-order valence-corrected chi connectivity index (χ1v) is 19.8. The third kappa shape index (κ3) is 8.44. The van der Waals surface area contributed by atoms with E-state index in [0.717, 1.165) is 28.8 Å². The molecule has 0 aliphatic carbocycles. The molecule has 0 saturated carbocycles. The molecule has 7 rings (SSSR count). The number of amides is 2. The molecule has 1 unspecified atom stereocenters. The zero-order chi connectivity index (χ0) is 41.2. The van der Waals surface area contributed by atoms with Crippen molar-refractivity contribution in [3.05, 3.63) is 107 Å². The van der Waals surface area contributed by atoms with Gasteiger partial charge in [0.1, 0.15) is 5.60 Å². The Balaban J connectivity index is 1.03. The molecule has 302 valence electrons. The summed E-state index contributed by atoms with van der Waals surface area (Å²) in [5, 5.41) is 3.15. The number of nitrogens with zero attached hydrogens (tertiary/aromatic N) is 4. The molecule has 4 aromatic carbocycles. The molecule has 3 aliphatic heterocycles. The zero-order valence-corrected chi connectivity index (χ0v) is 34.7. The largest absolute Gasteiger partial charge is 0.493 e. The lowest BCUT2D eigenvalue weighted by Crippen LogP contribution is -2.37. The summed E-state index contributed by atoms with van der Waals surface area (Å²) < 4.78 is 24.7. The third-order valence-corrected chi connectivity index (χ3v) is 10.9. The second-order valence-corrected chi connectivity index (χ2v) is 16.4. The zero-order valence-electron chi connectivity index (χ0n) is 34.7. The number of hydrogen-bond acceptors (Lipinski definition) is 9. The average Bonchev–Trinajstić information content (AvgIpc) is 3.53. The number of benzene rings is 4. The normalized spacial score (nSPS) is 16.2. The molecular weight excluding hydrogens is 731 g/mol. The SMILES string of the molecule is CCc1ccccc1CN1CC=Nc2cc(OCC(C)(C)CC(C)(C)Oc3cc4c(cc3OC)C(=O)N3C=C(c5ccc(NC)cc5)CC3C=N4)c(OC)cc2C1=O. The number of nitrogens with one attached hydrogen (secondary N) is 1. The quantitative estimate of drug-likeness (QED) is 0.136. The van der Waals surface area contributed by atoms with Gasteiger partial charge in [0.25, 0.3) is 11.8 Å². The molecule has 11 heteroatoms. The van der Waals surface area contributed by atoms with Gasteiger partial charge in [-0.2, -0.15) is 0 Å². The van der Waals surface area contributed by atoms with Crippen LogP contribution in [-0.2, 0) is 13.0 Å². The minimum absolute atomic E-state index is 0.108. The van der Waals surface area contributed by atoms with E-state index >= 15 is 0 Å². The summed E-state index contributed by atoms with van der Waals surface area (Å²) >= 11 is 0. The molecular formula is C47H53N5O6. The van der Waals surface area contributed by atoms with Gasteiger partial charge in [0, 0.05) is 61.9 Å². The van der Waals surface area contributed by atoms with Crippen molar-refractivity contribution in [3.63, 3.8) is 0 Å². The van der Waals surface area contributed by atoms with Crippen molar-refractivity contribution in [1.29, 1.82) is 0 Å². The van der Waals surface area contributed by atoms with Crippen molar-refractivity contribution >= 4 is 46.9 Å². The first kappa shape index (κ1) is 40.1. The topological polar surface area (TPSA) is 114 Å². The molecule has 1 N–H and O–H groups in total. The van der Waals surface area contributed by atoms with Crippen LogP contribution < -0.4 is 24.3 Å². The van der Waals surface area contributed by atoms with Crippen LogP contribution in [0.15, 0.2) is 89.0 Å². The molecule has 0 fully saturated rings. The van der Waals surface area contributed by atoms with Gasteiger partial charge in [0.05, 0.1) is 55.9 Å². The van der Waals surface area contributed by atoms with Crippen LogP contribution in [0.1, 0.15) is 84.9 Å². The van der Waals surface area contributed by atoms with Crippen LogP contribution in [0.25, 0.3) is 5.57 Å². The lowest BCUT2D eigenvalue weighted by Gasteiger charge is -2.35. The highest BCUT2D eigenvalue weighted by atomic mass is 16.5. The van der Waals surface area contributed by atoms with Crippen LogP contribution in [0.5, 0.6) is 23.0 Å². The monoisotopic (exact) mass is 783 g/mol. The number of carbonyl (C=O) groups excluding carboxylic acids is 2. The highest BCUT2D eigenvalue weighted by Crippen LogP contribution is 2.43. The number of fused-ring (bicyclic) bond motifs is 3. The fourth-order valence-corrected chi connectivity index (χ4v) is 8.19. The molecule has 3 aliphatic rings. The first-order valence-electron chi connectivity index (χ1n) is 19.8. The number of anilines is 1. The van der Waals surface area contributed by atoms with Crippen molar-refractivity contribution in [3.8, 4) is 23.0 Å². The molecule has 0 spiro atoms. The third-order valence-electron chi connectivity index (χ3n) is 10.9. The number of ether oxygens (including phenoxy) is 4. The highest BCUT2D eigenvalue weighted by Gasteiger charge is 2.36. The van der Waals surface area contributed by atoms with E-state index in [-0.39, 0.29) is 23.3 Å². The second-order valence-electron chi connectivity index (χ2n) is 16.4. The van der Waals surface area contributed by atoms with Crippen LogP contribution in [0.4, 0.5) is 17.1 Å². The standard InChI is InChI=1S/C47H53N5O6/c1-9-30-12-10-11-13-32(30)26-51-19-18-49-38-23-42(40(55-7)21-36(38)44(51)53)57-29-46(2,3)28-47(4,5)58-43-24-39-37(22-41(43)56-8)45(54)52-27-33(20-35(52)25-50-39)31-14-16-34(48-6)17-15-31/h10-18,21-25,27,35,48H,9,19-20,26,28-29H2,1-8H3. The predicted molar refractivity (Wildman–Crippen MR) is 230 cm³/mol. The Hall–Kier alpha value is -6.10. The number of carbonyl (C=O) groups is 2. The molecule has 58 heavy (non-hydrogen) atoms. The van der Waals surface area contributed by atoms with E-state index in [1.165, 1.54) is 5.56 Å². The van der Waals surface area contributed by atoms with Crippen LogP contribution >= 0.6 is 0 Å². The maximum absolute atomic E-state index is 13.9. The molecule has 4 aromatic rings. The molecule has 0 bridgehead atoms. The van der Waals surface area contributed by atoms with Gasteiger partial charge in [-0.1, -0.05) is 57.2 Å². The second kappa shape index (κ2) is 16.4. The Kier molecular flexibility index (Phi) is 11.3. The fraction of sp³-hybridized carbons (Fsp3) is 0.362. The molecule has 0 radical (unpaired) electrons. The van der Waals surface area contributed by atoms with Crippen molar-refractivity contribution in [2.75, 3.05) is 39.7 Å². The number of methoxy groups -OCH3 is 2. The summed E-state index contributed by atoms with van der Waals surface area (Å²) in [5.74, 6) is 1.67. The summed E-state index contributed by atoms with van der Waals surface area (Å²) in [7, 11) is 5.04. The van der Waals surface area contributed by atoms with Gasteiger partial charge < -0.3 is 34.1 Å². The maximum Gasteiger partial charge on any atom is 0.260 e. The Morgan fingerprint density at radius 1 is 0.810 bits per heavy atom. The summed E-state index contributed by atoms with van der Waals surface area (Å²) in [6.45, 7) is 11.6. The molecule has 2 amide bonds. The van der Waals surface area contributed by atoms with Gasteiger partial charge in [0.2, 0.25) is 0 Å². The van der Waals surface area contributed by atoms with Crippen molar-refractivity contribution in [2.45, 2.75) is 72.1 Å². The van der Waals surface area contributed by atoms with Crippen molar-refractivity contribution in [2.24, 2.45) is 15.4 Å². The van der Waals surface area contributed by atoms with E-state index in [0.29, 0.717) is 78.0 Å². The molecule has 0 saturated heterocycles. The summed E-state index contributed by atoms with van der Waals surface area (Å²) in [4.78, 5) is 40.8. The molecule has 11 nitrogen and oxygen atoms in total. The number of aryl methyl sites for hydroxylation is 1. The Labute approximate surface area is 341 Å². The van der Waals surface area contributed by atoms with Gasteiger partial charge in [-0.05, 0) is 73.2 Å². The average molecular weight is 784 g/mol. The Bertz CT molecular complexity index is 2290. The molecule has 3 heterocycles. The number of hydrogen-bond donors (Lipinski definition) is 1. The fourth-order valence-electron chi connectivity index (χ4n) is 8.19. The van der Waals surface area contributed by atoms with Gasteiger partial charge in [0.15, 0.2) is 23.0 Å².